The first-order chi connectivity index (χ1) is 14.1. The summed E-state index contributed by atoms with van der Waals surface area (Å²) in [6.45, 7) is 3.24. The maximum atomic E-state index is 12.6. The quantitative estimate of drug-likeness (QED) is 0.561. The number of pyridine rings is 1. The molecule has 0 radical (unpaired) electrons. The van der Waals surface area contributed by atoms with Gasteiger partial charge in [0.15, 0.2) is 0 Å². The molecule has 2 N–H and O–H groups in total. The van der Waals surface area contributed by atoms with Gasteiger partial charge in [-0.1, -0.05) is 24.3 Å². The van der Waals surface area contributed by atoms with E-state index in [4.69, 9.17) is 0 Å². The van der Waals surface area contributed by atoms with Crippen molar-refractivity contribution in [2.75, 3.05) is 27.2 Å². The van der Waals surface area contributed by atoms with Crippen LogP contribution < -0.4 is 5.56 Å². The second-order valence-electron chi connectivity index (χ2n) is 8.35. The molecule has 1 unspecified atom stereocenters. The Morgan fingerprint density at radius 2 is 1.83 bits per heavy atom. The van der Waals surface area contributed by atoms with Gasteiger partial charge in [-0.25, -0.2) is 0 Å². The van der Waals surface area contributed by atoms with Crippen molar-refractivity contribution >= 4 is 21.8 Å². The van der Waals surface area contributed by atoms with Crippen molar-refractivity contribution in [2.24, 2.45) is 0 Å². The minimum Gasteiger partial charge on any atom is -0.354 e. The van der Waals surface area contributed by atoms with Crippen LogP contribution in [0.5, 0.6) is 0 Å². The number of nitrogens with zero attached hydrogens (tertiary/aromatic N) is 2. The number of aromatic nitrogens is 2. The number of H-pyrrole nitrogens is 2. The van der Waals surface area contributed by atoms with Gasteiger partial charge < -0.3 is 14.9 Å². The van der Waals surface area contributed by atoms with E-state index < -0.39 is 0 Å². The molecule has 3 heterocycles. The highest BCUT2D eigenvalue weighted by Gasteiger charge is 2.23. The Hall–Kier alpha value is -2.89. The van der Waals surface area contributed by atoms with Crippen LogP contribution in [0.4, 0.5) is 0 Å². The van der Waals surface area contributed by atoms with Gasteiger partial charge in [0.1, 0.15) is 0 Å². The Bertz CT molecular complexity index is 1240. The molecule has 0 saturated carbocycles. The molecular weight excluding hydrogens is 360 g/mol. The first-order valence-electron chi connectivity index (χ1n) is 10.2. The average Bonchev–Trinajstić information content (AvgIpc) is 3.34. The zero-order valence-electron chi connectivity index (χ0n) is 16.9. The summed E-state index contributed by atoms with van der Waals surface area (Å²) in [4.78, 5) is 23.9. The van der Waals surface area contributed by atoms with Crippen molar-refractivity contribution in [1.29, 1.82) is 0 Å². The fourth-order valence-corrected chi connectivity index (χ4v) is 4.41. The van der Waals surface area contributed by atoms with E-state index in [0.717, 1.165) is 47.1 Å². The van der Waals surface area contributed by atoms with Crippen LogP contribution in [0.15, 0.2) is 59.4 Å². The zero-order valence-corrected chi connectivity index (χ0v) is 16.9. The van der Waals surface area contributed by atoms with Gasteiger partial charge in [0.05, 0.1) is 11.3 Å². The van der Waals surface area contributed by atoms with E-state index in [1.54, 1.807) is 0 Å². The zero-order chi connectivity index (χ0) is 20.0. The monoisotopic (exact) mass is 386 g/mol. The number of nitrogens with one attached hydrogen (secondary N) is 2. The first-order valence-corrected chi connectivity index (χ1v) is 10.2. The predicted octanol–water partition coefficient (Wildman–Crippen LogP) is 3.81. The van der Waals surface area contributed by atoms with Gasteiger partial charge >= 0.3 is 0 Å². The molecular formula is C24H26N4O. The van der Waals surface area contributed by atoms with Gasteiger partial charge in [0, 0.05) is 42.1 Å². The lowest BCUT2D eigenvalue weighted by Gasteiger charge is -2.20. The summed E-state index contributed by atoms with van der Waals surface area (Å²) in [6, 6.07) is 19.1. The number of hydrogen-bond donors (Lipinski definition) is 2. The molecule has 1 aliphatic heterocycles. The number of fused-ring (bicyclic) bond motifs is 2. The molecule has 4 aromatic rings. The SMILES string of the molecule is CN(C)C1CCN(Cc2ccc3[nH]c(-c4cc5ccccc5[nH]c4=O)cc3c2)C1. The number of likely N-dealkylation sites (tertiary alicyclic amines) is 1. The molecule has 5 rings (SSSR count). The van der Waals surface area contributed by atoms with Crippen molar-refractivity contribution in [3.63, 3.8) is 0 Å². The molecule has 0 spiro atoms. The second-order valence-corrected chi connectivity index (χ2v) is 8.35. The van der Waals surface area contributed by atoms with E-state index in [2.05, 4.69) is 58.1 Å². The molecule has 1 aliphatic rings. The molecule has 5 heteroatoms. The molecule has 29 heavy (non-hydrogen) atoms. The topological polar surface area (TPSA) is 55.1 Å². The van der Waals surface area contributed by atoms with E-state index in [-0.39, 0.29) is 5.56 Å². The fraction of sp³-hybridized carbons (Fsp3) is 0.292. The minimum atomic E-state index is -0.0673. The lowest BCUT2D eigenvalue weighted by Crippen LogP contribution is -2.31. The van der Waals surface area contributed by atoms with Crippen molar-refractivity contribution in [3.8, 4) is 11.3 Å². The van der Waals surface area contributed by atoms with E-state index in [1.165, 1.54) is 12.0 Å². The van der Waals surface area contributed by atoms with Gasteiger partial charge in [-0.2, -0.15) is 0 Å². The molecule has 1 saturated heterocycles. The Kier molecular flexibility index (Phi) is 4.49. The first kappa shape index (κ1) is 18.2. The molecule has 0 aliphatic carbocycles. The molecule has 5 nitrogen and oxygen atoms in total. The van der Waals surface area contributed by atoms with Crippen molar-refractivity contribution in [1.82, 2.24) is 19.8 Å². The maximum Gasteiger partial charge on any atom is 0.257 e. The van der Waals surface area contributed by atoms with Crippen LogP contribution in [0.1, 0.15) is 12.0 Å². The van der Waals surface area contributed by atoms with E-state index in [9.17, 15) is 4.79 Å². The van der Waals surface area contributed by atoms with Crippen molar-refractivity contribution < 1.29 is 0 Å². The average molecular weight is 386 g/mol. The number of hydrogen-bond acceptors (Lipinski definition) is 3. The summed E-state index contributed by atoms with van der Waals surface area (Å²) in [6.07, 6.45) is 1.23. The summed E-state index contributed by atoms with van der Waals surface area (Å²) in [5, 5.41) is 2.18. The highest BCUT2D eigenvalue weighted by Crippen LogP contribution is 2.26. The van der Waals surface area contributed by atoms with Crippen LogP contribution in [0, 0.1) is 0 Å². The Labute approximate surface area is 170 Å². The van der Waals surface area contributed by atoms with Gasteiger partial charge in [-0.3, -0.25) is 9.69 Å². The molecule has 0 bridgehead atoms. The number of likely N-dealkylation sites (N-methyl/N-ethyl adjacent to an activating group) is 1. The lowest BCUT2D eigenvalue weighted by molar-refractivity contribution is 0.265. The standard InChI is InChI=1S/C24H26N4O/c1-27(2)19-9-10-28(15-19)14-16-7-8-22-18(11-16)13-23(25-22)20-12-17-5-3-4-6-21(17)26-24(20)29/h3-8,11-13,19,25H,9-10,14-15H2,1-2H3,(H,26,29). The van der Waals surface area contributed by atoms with Crippen molar-refractivity contribution in [3.05, 3.63) is 70.5 Å². The highest BCUT2D eigenvalue weighted by molar-refractivity contribution is 5.89. The molecule has 1 fully saturated rings. The third-order valence-electron chi connectivity index (χ3n) is 6.11. The molecule has 2 aromatic heterocycles. The molecule has 1 atom stereocenters. The number of benzene rings is 2. The van der Waals surface area contributed by atoms with Crippen LogP contribution in [0.2, 0.25) is 0 Å². The third kappa shape index (κ3) is 3.48. The third-order valence-corrected chi connectivity index (χ3v) is 6.11. The van der Waals surface area contributed by atoms with Crippen molar-refractivity contribution in [2.45, 2.75) is 19.0 Å². The molecule has 2 aromatic carbocycles. The van der Waals surface area contributed by atoms with Gasteiger partial charge in [0.2, 0.25) is 0 Å². The van der Waals surface area contributed by atoms with E-state index >= 15 is 0 Å². The maximum absolute atomic E-state index is 12.6. The summed E-state index contributed by atoms with van der Waals surface area (Å²) in [7, 11) is 4.33. The smallest absolute Gasteiger partial charge is 0.257 e. The summed E-state index contributed by atoms with van der Waals surface area (Å²) >= 11 is 0. The van der Waals surface area contributed by atoms with E-state index in [0.29, 0.717) is 11.6 Å². The van der Waals surface area contributed by atoms with Gasteiger partial charge in [-0.15, -0.1) is 0 Å². The lowest BCUT2D eigenvalue weighted by atomic mass is 10.1. The van der Waals surface area contributed by atoms with Crippen LogP contribution in [0.3, 0.4) is 0 Å². The number of aromatic amines is 2. The fourth-order valence-electron chi connectivity index (χ4n) is 4.41. The van der Waals surface area contributed by atoms with Gasteiger partial charge in [-0.05, 0) is 61.8 Å². The Morgan fingerprint density at radius 1 is 1.00 bits per heavy atom. The summed E-state index contributed by atoms with van der Waals surface area (Å²) in [5.41, 5.74) is 4.70. The second kappa shape index (κ2) is 7.17. The summed E-state index contributed by atoms with van der Waals surface area (Å²) < 4.78 is 0. The minimum absolute atomic E-state index is 0.0673. The van der Waals surface area contributed by atoms with Crippen LogP contribution in [-0.2, 0) is 6.54 Å². The largest absolute Gasteiger partial charge is 0.354 e. The van der Waals surface area contributed by atoms with Crippen LogP contribution >= 0.6 is 0 Å². The molecule has 148 valence electrons. The normalized spacial score (nSPS) is 17.7. The Morgan fingerprint density at radius 3 is 2.66 bits per heavy atom. The molecule has 0 amide bonds. The Balaban J connectivity index is 1.44. The number of para-hydroxylation sites is 1. The number of rotatable bonds is 4. The van der Waals surface area contributed by atoms with Crippen LogP contribution in [0.25, 0.3) is 33.1 Å². The summed E-state index contributed by atoms with van der Waals surface area (Å²) in [5.74, 6) is 0. The highest BCUT2D eigenvalue weighted by atomic mass is 16.1. The van der Waals surface area contributed by atoms with Crippen LogP contribution in [-0.4, -0.2) is 53.0 Å². The van der Waals surface area contributed by atoms with E-state index in [1.807, 2.05) is 30.3 Å². The predicted molar refractivity (Wildman–Crippen MR) is 119 cm³/mol. The van der Waals surface area contributed by atoms with Gasteiger partial charge in [0.25, 0.3) is 5.56 Å².